The largest absolute Gasteiger partial charge is 0.356 e. The average molecular weight is 523 g/mol. The molecule has 0 atom stereocenters. The molecule has 5 rings (SSSR count). The van der Waals surface area contributed by atoms with Crippen molar-refractivity contribution in [2.75, 3.05) is 13.1 Å². The molecule has 2 heterocycles. The van der Waals surface area contributed by atoms with Gasteiger partial charge in [0.25, 0.3) is 17.7 Å². The predicted octanol–water partition coefficient (Wildman–Crippen LogP) is 4.69. The fraction of sp³-hybridized carbons (Fsp3) is 0.172. The highest BCUT2D eigenvalue weighted by Gasteiger charge is 2.16. The second-order valence-electron chi connectivity index (χ2n) is 8.97. The van der Waals surface area contributed by atoms with Crippen LogP contribution < -0.4 is 10.6 Å². The van der Waals surface area contributed by atoms with Crippen LogP contribution in [-0.2, 0) is 4.79 Å². The van der Waals surface area contributed by atoms with Gasteiger partial charge in [-0.3, -0.25) is 9.59 Å². The van der Waals surface area contributed by atoms with Crippen molar-refractivity contribution in [2.45, 2.75) is 20.3 Å². The van der Waals surface area contributed by atoms with Crippen LogP contribution in [0.25, 0.3) is 45.7 Å². The number of nitrogens with zero attached hydrogens (tertiary/aromatic N) is 4. The molecular weight excluding hydrogens is 496 g/mol. The van der Waals surface area contributed by atoms with Crippen LogP contribution in [0.1, 0.15) is 29.3 Å². The van der Waals surface area contributed by atoms with Gasteiger partial charge in [0.2, 0.25) is 17.6 Å². The number of rotatable bonds is 9. The normalized spacial score (nSPS) is 10.8. The molecule has 196 valence electrons. The Kier molecular flexibility index (Phi) is 7.53. The van der Waals surface area contributed by atoms with Crippen LogP contribution >= 0.6 is 0 Å². The van der Waals surface area contributed by atoms with Crippen molar-refractivity contribution in [1.82, 2.24) is 30.9 Å². The van der Waals surface area contributed by atoms with E-state index in [0.29, 0.717) is 59.6 Å². The van der Waals surface area contributed by atoms with Crippen LogP contribution in [0.5, 0.6) is 0 Å². The minimum absolute atomic E-state index is 0.0952. The highest BCUT2D eigenvalue weighted by Crippen LogP contribution is 2.28. The molecule has 10 heteroatoms. The molecule has 0 aliphatic carbocycles. The zero-order valence-electron chi connectivity index (χ0n) is 21.5. The second-order valence-corrected chi connectivity index (χ2v) is 8.97. The van der Waals surface area contributed by atoms with Crippen molar-refractivity contribution in [3.05, 3.63) is 83.9 Å². The summed E-state index contributed by atoms with van der Waals surface area (Å²) in [5, 5.41) is 13.8. The maximum absolute atomic E-state index is 12.6. The Morgan fingerprint density at radius 2 is 1.28 bits per heavy atom. The molecule has 39 heavy (non-hydrogen) atoms. The summed E-state index contributed by atoms with van der Waals surface area (Å²) < 4.78 is 11.0. The van der Waals surface area contributed by atoms with Crippen molar-refractivity contribution in [2.24, 2.45) is 0 Å². The fourth-order valence-electron chi connectivity index (χ4n) is 3.94. The van der Waals surface area contributed by atoms with Gasteiger partial charge in [0, 0.05) is 47.8 Å². The number of aryl methyl sites for hydroxylation is 1. The highest BCUT2D eigenvalue weighted by atomic mass is 16.5. The number of aromatic nitrogens is 4. The van der Waals surface area contributed by atoms with Gasteiger partial charge in [0.15, 0.2) is 0 Å². The zero-order valence-corrected chi connectivity index (χ0v) is 21.5. The Balaban J connectivity index is 1.29. The molecule has 3 aromatic carbocycles. The summed E-state index contributed by atoms with van der Waals surface area (Å²) >= 11 is 0. The topological polar surface area (TPSA) is 136 Å². The number of benzene rings is 3. The quantitative estimate of drug-likeness (QED) is 0.266. The van der Waals surface area contributed by atoms with Gasteiger partial charge in [-0.25, -0.2) is 0 Å². The number of hydrogen-bond acceptors (Lipinski definition) is 8. The summed E-state index contributed by atoms with van der Waals surface area (Å²) in [5.74, 6) is 1.25. The molecule has 0 fully saturated rings. The van der Waals surface area contributed by atoms with Gasteiger partial charge in [0.05, 0.1) is 0 Å². The smallest absolute Gasteiger partial charge is 0.258 e. The predicted molar refractivity (Wildman–Crippen MR) is 144 cm³/mol. The lowest BCUT2D eigenvalue weighted by molar-refractivity contribution is -0.118. The third kappa shape index (κ3) is 6.24. The van der Waals surface area contributed by atoms with Crippen molar-refractivity contribution in [1.29, 1.82) is 0 Å². The summed E-state index contributed by atoms with van der Waals surface area (Å²) in [5.41, 5.74) is 4.51. The third-order valence-corrected chi connectivity index (χ3v) is 5.88. The van der Waals surface area contributed by atoms with E-state index in [2.05, 4.69) is 30.9 Å². The van der Waals surface area contributed by atoms with Gasteiger partial charge in [0.1, 0.15) is 0 Å². The summed E-state index contributed by atoms with van der Waals surface area (Å²) in [6, 6.07) is 22.3. The third-order valence-electron chi connectivity index (χ3n) is 5.88. The van der Waals surface area contributed by atoms with Crippen molar-refractivity contribution < 1.29 is 18.6 Å². The molecule has 10 nitrogen and oxygen atoms in total. The molecule has 2 N–H and O–H groups in total. The summed E-state index contributed by atoms with van der Waals surface area (Å²) in [4.78, 5) is 32.6. The number of amides is 2. The van der Waals surface area contributed by atoms with E-state index in [1.807, 2.05) is 61.5 Å². The molecule has 0 aliphatic rings. The fourth-order valence-corrected chi connectivity index (χ4v) is 3.94. The van der Waals surface area contributed by atoms with Crippen molar-refractivity contribution in [3.63, 3.8) is 0 Å². The maximum Gasteiger partial charge on any atom is 0.258 e. The van der Waals surface area contributed by atoms with Crippen LogP contribution in [0.2, 0.25) is 0 Å². The summed E-state index contributed by atoms with van der Waals surface area (Å²) in [6.45, 7) is 4.41. The van der Waals surface area contributed by atoms with Crippen LogP contribution in [0, 0.1) is 6.92 Å². The number of carbonyl (C=O) groups excluding carboxylic acids is 2. The van der Waals surface area contributed by atoms with Gasteiger partial charge < -0.3 is 19.7 Å². The highest BCUT2D eigenvalue weighted by molar-refractivity contribution is 5.95. The molecule has 0 radical (unpaired) electrons. The van der Waals surface area contributed by atoms with E-state index in [9.17, 15) is 9.59 Å². The molecule has 0 spiro atoms. The molecular formula is C29H26N6O4. The van der Waals surface area contributed by atoms with E-state index >= 15 is 0 Å². The lowest BCUT2D eigenvalue weighted by Crippen LogP contribution is -2.28. The molecule has 0 unspecified atom stereocenters. The van der Waals surface area contributed by atoms with E-state index in [-0.39, 0.29) is 11.8 Å². The Morgan fingerprint density at radius 3 is 1.92 bits per heavy atom. The molecule has 0 bridgehead atoms. The monoisotopic (exact) mass is 522 g/mol. The first-order valence-electron chi connectivity index (χ1n) is 12.4. The lowest BCUT2D eigenvalue weighted by Gasteiger charge is -2.06. The molecule has 0 aliphatic heterocycles. The minimum atomic E-state index is -0.222. The number of carbonyl (C=O) groups is 2. The van der Waals surface area contributed by atoms with E-state index in [4.69, 9.17) is 9.05 Å². The first-order valence-corrected chi connectivity index (χ1v) is 12.4. The van der Waals surface area contributed by atoms with Crippen LogP contribution in [0.15, 0.2) is 81.8 Å². The van der Waals surface area contributed by atoms with Gasteiger partial charge in [-0.1, -0.05) is 52.3 Å². The van der Waals surface area contributed by atoms with Crippen molar-refractivity contribution >= 4 is 11.8 Å². The standard InChI is InChI=1S/C29H26N6O4/c1-18-7-3-8-20(15-18)25-32-28(38-34-25)23-11-5-12-24(17-23)29-33-26(35-39-29)21-9-4-10-22(16-21)27(37)31-14-6-13-30-19(2)36/h3-5,7-12,15-17H,6,13-14H2,1-2H3,(H,30,36)(H,31,37). The molecule has 2 amide bonds. The zero-order chi connectivity index (χ0) is 27.2. The van der Waals surface area contributed by atoms with Gasteiger partial charge >= 0.3 is 0 Å². The second kappa shape index (κ2) is 11.5. The molecule has 0 saturated heterocycles. The Hall–Kier alpha value is -5.12. The van der Waals surface area contributed by atoms with Crippen LogP contribution in [0.4, 0.5) is 0 Å². The molecule has 0 saturated carbocycles. The first kappa shape index (κ1) is 25.5. The van der Waals surface area contributed by atoms with Crippen molar-refractivity contribution in [3.8, 4) is 45.7 Å². The van der Waals surface area contributed by atoms with E-state index < -0.39 is 0 Å². The van der Waals surface area contributed by atoms with E-state index in [1.165, 1.54) is 6.92 Å². The summed E-state index contributed by atoms with van der Waals surface area (Å²) in [6.07, 6.45) is 0.634. The van der Waals surface area contributed by atoms with Crippen LogP contribution in [-0.4, -0.2) is 45.2 Å². The van der Waals surface area contributed by atoms with Gasteiger partial charge in [-0.15, -0.1) is 0 Å². The van der Waals surface area contributed by atoms with Gasteiger partial charge in [-0.2, -0.15) is 9.97 Å². The Labute approximate surface area is 224 Å². The van der Waals surface area contributed by atoms with Crippen LogP contribution in [0.3, 0.4) is 0 Å². The van der Waals surface area contributed by atoms with E-state index in [0.717, 1.165) is 16.7 Å². The molecule has 2 aromatic heterocycles. The SMILES string of the molecule is CC(=O)NCCCNC(=O)c1cccc(-c2noc(-c3cccc(-c4nc(-c5cccc(C)c5)no4)c3)n2)c1. The first-order chi connectivity index (χ1) is 19.0. The van der Waals surface area contributed by atoms with Gasteiger partial charge in [-0.05, 0) is 49.7 Å². The Bertz CT molecular complexity index is 1620. The Morgan fingerprint density at radius 1 is 0.718 bits per heavy atom. The molecule has 5 aromatic rings. The maximum atomic E-state index is 12.6. The number of nitrogens with one attached hydrogen (secondary N) is 2. The lowest BCUT2D eigenvalue weighted by atomic mass is 10.1. The van der Waals surface area contributed by atoms with E-state index in [1.54, 1.807) is 18.2 Å². The number of hydrogen-bond donors (Lipinski definition) is 2. The minimum Gasteiger partial charge on any atom is -0.356 e. The summed E-state index contributed by atoms with van der Waals surface area (Å²) in [7, 11) is 0. The average Bonchev–Trinajstić information content (AvgIpc) is 3.64.